The van der Waals surface area contributed by atoms with Crippen molar-refractivity contribution in [2.75, 3.05) is 0 Å². The predicted octanol–water partition coefficient (Wildman–Crippen LogP) is 9.24. The zero-order valence-corrected chi connectivity index (χ0v) is 24.2. The molecule has 0 amide bonds. The van der Waals surface area contributed by atoms with E-state index in [1.165, 1.54) is 0 Å². The summed E-state index contributed by atoms with van der Waals surface area (Å²) in [5.41, 5.74) is -28.4. The third kappa shape index (κ3) is 5.72. The molecule has 0 spiro atoms. The maximum Gasteiger partial charge on any atom is 0.422 e. The Kier molecular flexibility index (Phi) is 9.58. The van der Waals surface area contributed by atoms with Crippen molar-refractivity contribution in [1.82, 2.24) is 0 Å². The maximum absolute atomic E-state index is 15.5. The topological polar surface area (TPSA) is 119 Å². The van der Waals surface area contributed by atoms with Crippen LogP contribution in [0.1, 0.15) is 38.9 Å². The van der Waals surface area contributed by atoms with Gasteiger partial charge < -0.3 is 0 Å². The van der Waals surface area contributed by atoms with Gasteiger partial charge in [0.25, 0.3) is 0 Å². The highest BCUT2D eigenvalue weighted by molar-refractivity contribution is 6.12. The summed E-state index contributed by atoms with van der Waals surface area (Å²) in [5.74, 6) is -33.0. The van der Waals surface area contributed by atoms with Crippen molar-refractivity contribution < 1.29 is 74.6 Å². The van der Waals surface area contributed by atoms with Gasteiger partial charge in [0.1, 0.15) is 52.6 Å². The van der Waals surface area contributed by atoms with Crippen LogP contribution >= 0.6 is 0 Å². The smallest absolute Gasteiger partial charge is 0.205 e. The number of hydrogen-bond acceptors (Lipinski definition) is 5. The summed E-state index contributed by atoms with van der Waals surface area (Å²) in [6.45, 7) is 0. The minimum absolute atomic E-state index is 0.714. The Bertz CT molecular complexity index is 2360. The van der Waals surface area contributed by atoms with E-state index in [9.17, 15) is 69.3 Å². The van der Waals surface area contributed by atoms with Gasteiger partial charge in [-0.2, -0.15) is 52.7 Å². The molecule has 268 valence electrons. The molecule has 22 heteroatoms. The lowest BCUT2D eigenvalue weighted by molar-refractivity contribution is -0.144. The van der Waals surface area contributed by atoms with Crippen molar-refractivity contribution >= 4 is 16.7 Å². The van der Waals surface area contributed by atoms with Crippen molar-refractivity contribution in [2.45, 2.75) is 12.4 Å². The van der Waals surface area contributed by atoms with Crippen LogP contribution in [-0.4, -0.2) is 0 Å². The van der Waals surface area contributed by atoms with E-state index in [-0.39, 0.29) is 0 Å². The first-order valence-corrected chi connectivity index (χ1v) is 12.8. The summed E-state index contributed by atoms with van der Waals surface area (Å²) < 4.78 is 243. The van der Waals surface area contributed by atoms with Crippen molar-refractivity contribution in [2.24, 2.45) is 0 Å². The van der Waals surface area contributed by atoms with Crippen LogP contribution in [0.2, 0.25) is 0 Å². The Morgan fingerprint density at radius 3 is 0.792 bits per heavy atom. The Morgan fingerprint density at radius 2 is 0.566 bits per heavy atom. The monoisotopic (exact) mass is 765 g/mol. The molecule has 1 saturated carbocycles. The van der Waals surface area contributed by atoms with Crippen LogP contribution in [0.4, 0.5) is 74.6 Å². The number of benzene rings is 3. The van der Waals surface area contributed by atoms with Gasteiger partial charge in [-0.05, 0) is 0 Å². The zero-order valence-electron chi connectivity index (χ0n) is 24.2. The first kappa shape index (κ1) is 38.9. The zero-order chi connectivity index (χ0) is 40.4. The summed E-state index contributed by atoms with van der Waals surface area (Å²) in [6, 6.07) is 4.02. The average molecular weight is 765 g/mol. The third-order valence-electron chi connectivity index (χ3n) is 7.16. The van der Waals surface area contributed by atoms with Gasteiger partial charge in [-0.3, -0.25) is 0 Å². The van der Waals surface area contributed by atoms with Crippen LogP contribution in [0.25, 0.3) is 16.7 Å². The van der Waals surface area contributed by atoms with E-state index in [1.807, 2.05) is 0 Å². The predicted molar refractivity (Wildman–Crippen MR) is 136 cm³/mol. The number of nitrogens with zero attached hydrogens (tertiary/aromatic N) is 5. The minimum atomic E-state index is -6.20. The van der Waals surface area contributed by atoms with Gasteiger partial charge in [0.05, 0.1) is 33.4 Å². The molecule has 0 N–H and O–H groups in total. The number of hydrogen-bond donors (Lipinski definition) is 0. The molecule has 0 heterocycles. The number of nitriles is 5. The Hall–Kier alpha value is -6.86. The molecule has 0 saturated heterocycles. The lowest BCUT2D eigenvalue weighted by Crippen LogP contribution is -2.17. The van der Waals surface area contributed by atoms with Crippen molar-refractivity contribution in [1.29, 1.82) is 26.3 Å². The van der Waals surface area contributed by atoms with Crippen molar-refractivity contribution in [3.05, 3.63) is 120 Å². The summed E-state index contributed by atoms with van der Waals surface area (Å²) in [7, 11) is 0. The molecule has 0 unspecified atom stereocenters. The average Bonchev–Trinajstić information content (AvgIpc) is 3.79. The molecule has 0 aliphatic heterocycles. The molecule has 3 aromatic rings. The SMILES string of the molecule is N#CC(=C1C(=C(C#N)c2c(F)c(F)c(C(F)(F)F)c(F)c2F)C1=C(C#N)c1c(F)c(F)c(C#N)c(C#N)c1F)c1c(F)c(F)c(C(F)(F)F)c(F)c1F. The Morgan fingerprint density at radius 1 is 0.340 bits per heavy atom. The van der Waals surface area contributed by atoms with E-state index in [0.29, 0.717) is 12.1 Å². The van der Waals surface area contributed by atoms with Gasteiger partial charge in [-0.1, -0.05) is 0 Å². The molecule has 1 aliphatic rings. The summed E-state index contributed by atoms with van der Waals surface area (Å²) >= 11 is 0. The van der Waals surface area contributed by atoms with Crippen LogP contribution in [0.5, 0.6) is 0 Å². The van der Waals surface area contributed by atoms with E-state index in [4.69, 9.17) is 5.26 Å². The Balaban J connectivity index is 2.40. The molecule has 5 nitrogen and oxygen atoms in total. The molecule has 0 radical (unpaired) electrons. The van der Waals surface area contributed by atoms with E-state index in [0.717, 1.165) is 18.2 Å². The molecule has 1 aliphatic carbocycles. The lowest BCUT2D eigenvalue weighted by atomic mass is 9.96. The second-order valence-corrected chi connectivity index (χ2v) is 9.88. The number of alkyl halides is 6. The Labute approximate surface area is 280 Å². The van der Waals surface area contributed by atoms with Gasteiger partial charge in [0.2, 0.25) is 0 Å². The second-order valence-electron chi connectivity index (χ2n) is 9.88. The lowest BCUT2D eigenvalue weighted by Gasteiger charge is -2.14. The second kappa shape index (κ2) is 13.0. The molecule has 0 aromatic heterocycles. The first-order valence-electron chi connectivity index (χ1n) is 12.8. The fraction of sp³-hybridized carbons (Fsp3) is 0.0645. The van der Waals surface area contributed by atoms with E-state index in [2.05, 4.69) is 0 Å². The highest BCUT2D eigenvalue weighted by Crippen LogP contribution is 2.58. The highest BCUT2D eigenvalue weighted by atomic mass is 19.4. The molecule has 4 rings (SSSR count). The summed E-state index contributed by atoms with van der Waals surface area (Å²) in [5, 5.41) is 47.6. The fourth-order valence-corrected chi connectivity index (χ4v) is 4.94. The third-order valence-corrected chi connectivity index (χ3v) is 7.16. The largest absolute Gasteiger partial charge is 0.422 e. The highest BCUT2D eigenvalue weighted by Gasteiger charge is 2.49. The van der Waals surface area contributed by atoms with E-state index >= 15 is 26.3 Å². The normalized spacial score (nSPS) is 14.5. The molecule has 0 bridgehead atoms. The van der Waals surface area contributed by atoms with Gasteiger partial charge in [0.15, 0.2) is 64.0 Å². The van der Waals surface area contributed by atoms with Crippen LogP contribution in [0.3, 0.4) is 0 Å². The summed E-state index contributed by atoms with van der Waals surface area (Å²) in [6.07, 6.45) is -12.4. The van der Waals surface area contributed by atoms with Crippen molar-refractivity contribution in [3.63, 3.8) is 0 Å². The minimum Gasteiger partial charge on any atom is -0.205 e. The van der Waals surface area contributed by atoms with Crippen LogP contribution in [0.15, 0.2) is 16.7 Å². The quantitative estimate of drug-likeness (QED) is 0.150. The molecule has 0 atom stereocenters. The van der Waals surface area contributed by atoms with Crippen LogP contribution in [0, 0.1) is 121 Å². The van der Waals surface area contributed by atoms with E-state index < -0.39 is 149 Å². The van der Waals surface area contributed by atoms with Crippen LogP contribution in [-0.2, 0) is 12.4 Å². The summed E-state index contributed by atoms with van der Waals surface area (Å²) in [4.78, 5) is 0. The maximum atomic E-state index is 15.5. The van der Waals surface area contributed by atoms with E-state index in [1.54, 1.807) is 0 Å². The number of allylic oxidation sites excluding steroid dienone is 6. The first-order chi connectivity index (χ1) is 24.5. The van der Waals surface area contributed by atoms with Gasteiger partial charge in [-0.25, -0.2) is 48.3 Å². The van der Waals surface area contributed by atoms with Crippen LogP contribution < -0.4 is 0 Å². The number of rotatable bonds is 3. The fourth-order valence-electron chi connectivity index (χ4n) is 4.94. The molecular formula is C31F17N5. The molecule has 3 aromatic carbocycles. The number of halogens is 17. The standard InChI is InChI=1S/C31F17N5/c32-19-6(1-49)7(2-50)20(33)21(34)14(19)8(3-51)11-12(9(4-52)15-22(35)26(39)17(30(43,44)45)27(40)23(15)36)13(11)10(5-53)16-24(37)28(41)18(31(46,47)48)29(42)25(16)38. The molecular weight excluding hydrogens is 765 g/mol. The van der Waals surface area contributed by atoms with Gasteiger partial charge in [-0.15, -0.1) is 0 Å². The molecule has 53 heavy (non-hydrogen) atoms. The van der Waals surface area contributed by atoms with Gasteiger partial charge >= 0.3 is 12.4 Å². The van der Waals surface area contributed by atoms with Gasteiger partial charge in [0, 0.05) is 16.7 Å². The van der Waals surface area contributed by atoms with Crippen molar-refractivity contribution in [3.8, 4) is 30.3 Å². The molecule has 1 fully saturated rings.